The van der Waals surface area contributed by atoms with Crippen LogP contribution >= 0.6 is 0 Å². The summed E-state index contributed by atoms with van der Waals surface area (Å²) in [5.41, 5.74) is 0.715. The van der Waals surface area contributed by atoms with Crippen LogP contribution in [0.3, 0.4) is 0 Å². The third-order valence-electron chi connectivity index (χ3n) is 2.97. The zero-order chi connectivity index (χ0) is 15.2. The first-order valence-electron chi connectivity index (χ1n) is 6.50. The molecule has 0 unspecified atom stereocenters. The van der Waals surface area contributed by atoms with Gasteiger partial charge in [-0.15, -0.1) is 10.2 Å². The second-order valence-electron chi connectivity index (χ2n) is 4.27. The molecular weight excluding hydrogens is 274 g/mol. The van der Waals surface area contributed by atoms with Crippen molar-refractivity contribution in [3.05, 3.63) is 18.0 Å². The number of hydrogen-bond acceptors (Lipinski definition) is 7. The zero-order valence-corrected chi connectivity index (χ0v) is 12.6. The van der Waals surface area contributed by atoms with Crippen molar-refractivity contribution >= 4 is 0 Å². The maximum absolute atomic E-state index is 5.63. The summed E-state index contributed by atoms with van der Waals surface area (Å²) < 4.78 is 21.5. The Kier molecular flexibility index (Phi) is 4.99. The van der Waals surface area contributed by atoms with Gasteiger partial charge in [-0.1, -0.05) is 0 Å². The molecule has 0 aliphatic rings. The standard InChI is InChI=1S/C14H19N3O4/c1-15-6-5-12-16-17-14(21-12)9-7-10(18-2)13(20-4)11(8-9)19-3/h7-8,15H,5-6H2,1-4H3. The van der Waals surface area contributed by atoms with E-state index in [2.05, 4.69) is 15.5 Å². The number of likely N-dealkylation sites (N-methyl/N-ethyl adjacent to an activating group) is 1. The van der Waals surface area contributed by atoms with Gasteiger partial charge in [-0.05, 0) is 19.2 Å². The van der Waals surface area contributed by atoms with E-state index in [4.69, 9.17) is 18.6 Å². The average Bonchev–Trinajstić information content (AvgIpc) is 3.00. The van der Waals surface area contributed by atoms with E-state index in [1.165, 1.54) is 0 Å². The van der Waals surface area contributed by atoms with Crippen molar-refractivity contribution in [1.29, 1.82) is 0 Å². The molecule has 21 heavy (non-hydrogen) atoms. The quantitative estimate of drug-likeness (QED) is 0.829. The van der Waals surface area contributed by atoms with Gasteiger partial charge in [-0.2, -0.15) is 0 Å². The Morgan fingerprint density at radius 3 is 2.24 bits per heavy atom. The molecule has 7 nitrogen and oxygen atoms in total. The molecule has 1 N–H and O–H groups in total. The smallest absolute Gasteiger partial charge is 0.248 e. The minimum absolute atomic E-state index is 0.417. The summed E-state index contributed by atoms with van der Waals surface area (Å²) in [4.78, 5) is 0. The molecule has 0 radical (unpaired) electrons. The van der Waals surface area contributed by atoms with E-state index in [1.807, 2.05) is 7.05 Å². The zero-order valence-electron chi connectivity index (χ0n) is 12.6. The number of hydrogen-bond donors (Lipinski definition) is 1. The maximum atomic E-state index is 5.63. The van der Waals surface area contributed by atoms with Crippen LogP contribution in [0.5, 0.6) is 17.2 Å². The number of rotatable bonds is 7. The van der Waals surface area contributed by atoms with Crippen molar-refractivity contribution in [3.8, 4) is 28.7 Å². The first-order valence-corrected chi connectivity index (χ1v) is 6.50. The number of benzene rings is 1. The fourth-order valence-electron chi connectivity index (χ4n) is 1.91. The molecule has 0 amide bonds. The largest absolute Gasteiger partial charge is 0.493 e. The van der Waals surface area contributed by atoms with Gasteiger partial charge in [0.2, 0.25) is 17.5 Å². The van der Waals surface area contributed by atoms with Crippen LogP contribution in [0.1, 0.15) is 5.89 Å². The first kappa shape index (κ1) is 15.1. The number of aromatic nitrogens is 2. The summed E-state index contributed by atoms with van der Waals surface area (Å²) >= 11 is 0. The summed E-state index contributed by atoms with van der Waals surface area (Å²) in [6.45, 7) is 0.775. The lowest BCUT2D eigenvalue weighted by atomic mass is 10.2. The molecule has 0 saturated heterocycles. The molecule has 1 aromatic carbocycles. The van der Waals surface area contributed by atoms with E-state index in [-0.39, 0.29) is 0 Å². The van der Waals surface area contributed by atoms with E-state index < -0.39 is 0 Å². The second-order valence-corrected chi connectivity index (χ2v) is 4.27. The third-order valence-corrected chi connectivity index (χ3v) is 2.97. The number of ether oxygens (including phenoxy) is 3. The van der Waals surface area contributed by atoms with Crippen molar-refractivity contribution in [1.82, 2.24) is 15.5 Å². The molecule has 1 heterocycles. The molecule has 0 spiro atoms. The van der Waals surface area contributed by atoms with Gasteiger partial charge < -0.3 is 23.9 Å². The Labute approximate surface area is 123 Å². The number of nitrogens with zero attached hydrogens (tertiary/aromatic N) is 2. The predicted octanol–water partition coefficient (Wildman–Crippen LogP) is 1.52. The summed E-state index contributed by atoms with van der Waals surface area (Å²) in [5, 5.41) is 11.1. The van der Waals surface area contributed by atoms with Gasteiger partial charge in [0.15, 0.2) is 11.5 Å². The Morgan fingerprint density at radius 2 is 1.71 bits per heavy atom. The minimum Gasteiger partial charge on any atom is -0.493 e. The highest BCUT2D eigenvalue weighted by Gasteiger charge is 2.17. The lowest BCUT2D eigenvalue weighted by Crippen LogP contribution is -2.10. The molecule has 0 aliphatic carbocycles. The summed E-state index contributed by atoms with van der Waals surface area (Å²) in [6, 6.07) is 3.55. The third kappa shape index (κ3) is 3.25. The highest BCUT2D eigenvalue weighted by Crippen LogP contribution is 2.40. The lowest BCUT2D eigenvalue weighted by molar-refractivity contribution is 0.324. The van der Waals surface area contributed by atoms with Crippen LogP contribution in [0.25, 0.3) is 11.5 Å². The first-order chi connectivity index (χ1) is 10.2. The van der Waals surface area contributed by atoms with E-state index in [0.29, 0.717) is 41.0 Å². The van der Waals surface area contributed by atoms with Gasteiger partial charge in [0.1, 0.15) is 0 Å². The van der Waals surface area contributed by atoms with Gasteiger partial charge in [0.25, 0.3) is 0 Å². The van der Waals surface area contributed by atoms with Gasteiger partial charge in [-0.3, -0.25) is 0 Å². The van der Waals surface area contributed by atoms with Crippen LogP contribution in [-0.2, 0) is 6.42 Å². The second kappa shape index (κ2) is 6.94. The van der Waals surface area contributed by atoms with Crippen molar-refractivity contribution in [3.63, 3.8) is 0 Å². The molecule has 7 heteroatoms. The van der Waals surface area contributed by atoms with Crippen molar-refractivity contribution < 1.29 is 18.6 Å². The van der Waals surface area contributed by atoms with Crippen LogP contribution in [0, 0.1) is 0 Å². The average molecular weight is 293 g/mol. The molecule has 0 atom stereocenters. The molecule has 0 bridgehead atoms. The van der Waals surface area contributed by atoms with Gasteiger partial charge in [-0.25, -0.2) is 0 Å². The molecule has 2 aromatic rings. The lowest BCUT2D eigenvalue weighted by Gasteiger charge is -2.12. The van der Waals surface area contributed by atoms with Crippen molar-refractivity contribution in [2.75, 3.05) is 34.9 Å². The highest BCUT2D eigenvalue weighted by atomic mass is 16.5. The van der Waals surface area contributed by atoms with Gasteiger partial charge in [0, 0.05) is 18.5 Å². The van der Waals surface area contributed by atoms with Crippen molar-refractivity contribution in [2.24, 2.45) is 0 Å². The van der Waals surface area contributed by atoms with Gasteiger partial charge >= 0.3 is 0 Å². The molecule has 2 rings (SSSR count). The minimum atomic E-state index is 0.417. The number of nitrogens with one attached hydrogen (secondary N) is 1. The van der Waals surface area contributed by atoms with Crippen LogP contribution in [0.15, 0.2) is 16.5 Å². The Morgan fingerprint density at radius 1 is 1.05 bits per heavy atom. The van der Waals surface area contributed by atoms with E-state index in [0.717, 1.165) is 6.54 Å². The predicted molar refractivity (Wildman–Crippen MR) is 77.0 cm³/mol. The SMILES string of the molecule is CNCCc1nnc(-c2cc(OC)c(OC)c(OC)c2)o1. The highest BCUT2D eigenvalue weighted by molar-refractivity contribution is 5.65. The van der Waals surface area contributed by atoms with Crippen LogP contribution in [0.2, 0.25) is 0 Å². The fraction of sp³-hybridized carbons (Fsp3) is 0.429. The summed E-state index contributed by atoms with van der Waals surface area (Å²) in [5.74, 6) is 2.61. The van der Waals surface area contributed by atoms with Crippen LogP contribution < -0.4 is 19.5 Å². The van der Waals surface area contributed by atoms with Crippen LogP contribution in [-0.4, -0.2) is 45.1 Å². The molecule has 0 saturated carbocycles. The normalized spacial score (nSPS) is 10.5. The molecular formula is C14H19N3O4. The molecule has 0 fully saturated rings. The Bertz CT molecular complexity index is 573. The fourth-order valence-corrected chi connectivity index (χ4v) is 1.91. The Hall–Kier alpha value is -2.28. The monoisotopic (exact) mass is 293 g/mol. The van der Waals surface area contributed by atoms with Gasteiger partial charge in [0.05, 0.1) is 21.3 Å². The maximum Gasteiger partial charge on any atom is 0.248 e. The Balaban J connectivity index is 2.37. The molecule has 114 valence electrons. The summed E-state index contributed by atoms with van der Waals surface area (Å²) in [7, 11) is 6.56. The van der Waals surface area contributed by atoms with E-state index >= 15 is 0 Å². The topological polar surface area (TPSA) is 78.6 Å². The molecule has 1 aromatic heterocycles. The van der Waals surface area contributed by atoms with Crippen molar-refractivity contribution in [2.45, 2.75) is 6.42 Å². The van der Waals surface area contributed by atoms with Crippen LogP contribution in [0.4, 0.5) is 0 Å². The van der Waals surface area contributed by atoms with E-state index in [9.17, 15) is 0 Å². The number of methoxy groups -OCH3 is 3. The van der Waals surface area contributed by atoms with E-state index in [1.54, 1.807) is 33.5 Å². The summed E-state index contributed by atoms with van der Waals surface area (Å²) in [6.07, 6.45) is 0.675. The molecule has 0 aliphatic heterocycles.